The summed E-state index contributed by atoms with van der Waals surface area (Å²) in [4.78, 5) is 32.8. The summed E-state index contributed by atoms with van der Waals surface area (Å²) >= 11 is 0. The third kappa shape index (κ3) is 2.62. The van der Waals surface area contributed by atoms with E-state index in [9.17, 15) is 19.7 Å². The average Bonchev–Trinajstić information content (AvgIpc) is 2.29. The second-order valence-corrected chi connectivity index (χ2v) is 3.75. The number of carboxylic acids is 1. The minimum atomic E-state index is -1.15. The summed E-state index contributed by atoms with van der Waals surface area (Å²) in [5, 5.41) is 19.5. The maximum absolute atomic E-state index is 10.9. The lowest BCUT2D eigenvalue weighted by Gasteiger charge is -2.21. The van der Waals surface area contributed by atoms with Crippen molar-refractivity contribution in [3.63, 3.8) is 0 Å². The summed E-state index contributed by atoms with van der Waals surface area (Å²) in [6.07, 6.45) is 0.388. The molecule has 1 aromatic carbocycles. The topological polar surface area (TPSA) is 101 Å². The molecule has 1 aromatic rings. The van der Waals surface area contributed by atoms with E-state index in [1.165, 1.54) is 32.0 Å². The highest BCUT2D eigenvalue weighted by Gasteiger charge is 2.22. The number of aliphatic carboxylic acids is 1. The zero-order chi connectivity index (χ0) is 13.9. The van der Waals surface area contributed by atoms with Crippen LogP contribution in [-0.2, 0) is 9.59 Å². The standard InChI is InChI=1S/C11H12N2O5/c1-7-5-9(3-4-10(7)13(17)18)12(6-14)8(2)11(15)16/h3-6,8H,1-2H3,(H,15,16). The van der Waals surface area contributed by atoms with Gasteiger partial charge in [0.25, 0.3) is 5.69 Å². The molecule has 1 unspecified atom stereocenters. The zero-order valence-corrected chi connectivity index (χ0v) is 9.86. The van der Waals surface area contributed by atoms with Crippen LogP contribution < -0.4 is 4.90 Å². The summed E-state index contributed by atoms with van der Waals surface area (Å²) in [6, 6.07) is 2.96. The van der Waals surface area contributed by atoms with E-state index in [0.717, 1.165) is 4.90 Å². The van der Waals surface area contributed by atoms with Crippen LogP contribution in [0.3, 0.4) is 0 Å². The molecule has 0 aromatic heterocycles. The molecule has 18 heavy (non-hydrogen) atoms. The molecule has 0 heterocycles. The van der Waals surface area contributed by atoms with Gasteiger partial charge < -0.3 is 10.0 Å². The van der Waals surface area contributed by atoms with Crippen molar-refractivity contribution in [2.24, 2.45) is 0 Å². The van der Waals surface area contributed by atoms with E-state index in [4.69, 9.17) is 5.11 Å². The van der Waals surface area contributed by atoms with Crippen molar-refractivity contribution in [3.8, 4) is 0 Å². The molecular formula is C11H12N2O5. The molecule has 96 valence electrons. The summed E-state index contributed by atoms with van der Waals surface area (Å²) in [6.45, 7) is 2.88. The molecule has 0 radical (unpaired) electrons. The lowest BCUT2D eigenvalue weighted by molar-refractivity contribution is -0.385. The minimum Gasteiger partial charge on any atom is -0.480 e. The molecule has 0 saturated carbocycles. The maximum Gasteiger partial charge on any atom is 0.326 e. The van der Waals surface area contributed by atoms with Gasteiger partial charge >= 0.3 is 5.97 Å². The smallest absolute Gasteiger partial charge is 0.326 e. The number of carbonyl (C=O) groups is 2. The van der Waals surface area contributed by atoms with Crippen LogP contribution in [0.5, 0.6) is 0 Å². The number of hydrogen-bond donors (Lipinski definition) is 1. The summed E-state index contributed by atoms with van der Waals surface area (Å²) in [5.74, 6) is -1.15. The van der Waals surface area contributed by atoms with Crippen molar-refractivity contribution < 1.29 is 19.6 Å². The van der Waals surface area contributed by atoms with Crippen LogP contribution in [-0.4, -0.2) is 28.5 Å². The van der Waals surface area contributed by atoms with Gasteiger partial charge in [-0.25, -0.2) is 4.79 Å². The predicted octanol–water partition coefficient (Wildman–Crippen LogP) is 1.34. The van der Waals surface area contributed by atoms with Crippen molar-refractivity contribution in [2.75, 3.05) is 4.90 Å². The highest BCUT2D eigenvalue weighted by Crippen LogP contribution is 2.24. The molecule has 0 spiro atoms. The molecule has 0 saturated heterocycles. The first-order chi connectivity index (χ1) is 8.38. The normalized spacial score (nSPS) is 11.7. The fraction of sp³-hybridized carbons (Fsp3) is 0.273. The van der Waals surface area contributed by atoms with Crippen molar-refractivity contribution in [2.45, 2.75) is 19.9 Å². The number of anilines is 1. The van der Waals surface area contributed by atoms with Crippen molar-refractivity contribution >= 4 is 23.8 Å². The van der Waals surface area contributed by atoms with E-state index in [1.54, 1.807) is 0 Å². The first-order valence-corrected chi connectivity index (χ1v) is 5.10. The maximum atomic E-state index is 10.9. The van der Waals surface area contributed by atoms with Gasteiger partial charge in [0.1, 0.15) is 6.04 Å². The monoisotopic (exact) mass is 252 g/mol. The molecule has 0 bridgehead atoms. The Morgan fingerprint density at radius 2 is 2.17 bits per heavy atom. The lowest BCUT2D eigenvalue weighted by atomic mass is 10.1. The number of carbonyl (C=O) groups excluding carboxylic acids is 1. The molecule has 1 amide bonds. The molecule has 1 atom stereocenters. The number of benzene rings is 1. The third-order valence-electron chi connectivity index (χ3n) is 2.56. The summed E-state index contributed by atoms with van der Waals surface area (Å²) in [5.41, 5.74) is 0.595. The van der Waals surface area contributed by atoms with Crippen LogP contribution in [0.25, 0.3) is 0 Å². The predicted molar refractivity (Wildman–Crippen MR) is 63.5 cm³/mol. The Kier molecular flexibility index (Phi) is 3.98. The SMILES string of the molecule is Cc1cc(N(C=O)C(C)C(=O)O)ccc1[N+](=O)[O-]. The number of amides is 1. The van der Waals surface area contributed by atoms with Crippen LogP contribution >= 0.6 is 0 Å². The van der Waals surface area contributed by atoms with E-state index < -0.39 is 16.9 Å². The van der Waals surface area contributed by atoms with E-state index in [1.807, 2.05) is 0 Å². The molecule has 0 fully saturated rings. The Bertz CT molecular complexity index is 500. The van der Waals surface area contributed by atoms with Gasteiger partial charge in [-0.1, -0.05) is 0 Å². The Balaban J connectivity index is 3.16. The van der Waals surface area contributed by atoms with Crippen LogP contribution in [0.15, 0.2) is 18.2 Å². The first kappa shape index (κ1) is 13.6. The van der Waals surface area contributed by atoms with Gasteiger partial charge in [0, 0.05) is 17.3 Å². The van der Waals surface area contributed by atoms with Gasteiger partial charge in [-0.2, -0.15) is 0 Å². The van der Waals surface area contributed by atoms with Crippen LogP contribution in [0, 0.1) is 17.0 Å². The molecule has 1 N–H and O–H groups in total. The Morgan fingerprint density at radius 3 is 2.56 bits per heavy atom. The van der Waals surface area contributed by atoms with Crippen LogP contribution in [0.2, 0.25) is 0 Å². The number of nitro benzene ring substituents is 1. The highest BCUT2D eigenvalue weighted by molar-refractivity contribution is 5.88. The van der Waals surface area contributed by atoms with Crippen molar-refractivity contribution in [1.29, 1.82) is 0 Å². The minimum absolute atomic E-state index is 0.0763. The first-order valence-electron chi connectivity index (χ1n) is 5.10. The van der Waals surface area contributed by atoms with Gasteiger partial charge in [0.15, 0.2) is 0 Å². The van der Waals surface area contributed by atoms with E-state index >= 15 is 0 Å². The Morgan fingerprint density at radius 1 is 1.56 bits per heavy atom. The summed E-state index contributed by atoms with van der Waals surface area (Å²) < 4.78 is 0. The molecule has 1 rings (SSSR count). The zero-order valence-electron chi connectivity index (χ0n) is 9.86. The van der Waals surface area contributed by atoms with E-state index in [2.05, 4.69) is 0 Å². The average molecular weight is 252 g/mol. The molecule has 7 nitrogen and oxygen atoms in total. The molecule has 0 aliphatic heterocycles. The van der Waals surface area contributed by atoms with Crippen molar-refractivity contribution in [3.05, 3.63) is 33.9 Å². The summed E-state index contributed by atoms with van der Waals surface area (Å²) in [7, 11) is 0. The fourth-order valence-electron chi connectivity index (χ4n) is 1.50. The third-order valence-corrected chi connectivity index (χ3v) is 2.56. The van der Waals surface area contributed by atoms with Crippen molar-refractivity contribution in [1.82, 2.24) is 0 Å². The van der Waals surface area contributed by atoms with E-state index in [-0.39, 0.29) is 5.69 Å². The number of nitrogens with zero attached hydrogens (tertiary/aromatic N) is 2. The van der Waals surface area contributed by atoms with Gasteiger partial charge in [0.2, 0.25) is 6.41 Å². The quantitative estimate of drug-likeness (QED) is 0.484. The number of carboxylic acid groups (broad SMARTS) is 1. The van der Waals surface area contributed by atoms with Crippen LogP contribution in [0.4, 0.5) is 11.4 Å². The fourth-order valence-corrected chi connectivity index (χ4v) is 1.50. The molecule has 7 heteroatoms. The number of hydrogen-bond acceptors (Lipinski definition) is 4. The lowest BCUT2D eigenvalue weighted by Crippen LogP contribution is -2.38. The molecule has 0 aliphatic rings. The highest BCUT2D eigenvalue weighted by atomic mass is 16.6. The van der Waals surface area contributed by atoms with Gasteiger partial charge in [0.05, 0.1) is 4.92 Å². The largest absolute Gasteiger partial charge is 0.480 e. The molecular weight excluding hydrogens is 240 g/mol. The number of aryl methyl sites for hydroxylation is 1. The van der Waals surface area contributed by atoms with Gasteiger partial charge in [-0.05, 0) is 26.0 Å². The second-order valence-electron chi connectivity index (χ2n) is 3.75. The molecule has 0 aliphatic carbocycles. The number of nitro groups is 1. The van der Waals surface area contributed by atoms with Crippen LogP contribution in [0.1, 0.15) is 12.5 Å². The van der Waals surface area contributed by atoms with Gasteiger partial charge in [-0.3, -0.25) is 14.9 Å². The second kappa shape index (κ2) is 5.26. The Hall–Kier alpha value is -2.44. The number of rotatable bonds is 5. The van der Waals surface area contributed by atoms with E-state index in [0.29, 0.717) is 17.7 Å². The Labute approximate surface area is 103 Å². The van der Waals surface area contributed by atoms with Gasteiger partial charge in [-0.15, -0.1) is 0 Å².